The quantitative estimate of drug-likeness (QED) is 0.641. The van der Waals surface area contributed by atoms with E-state index >= 15 is 0 Å². The zero-order valence-electron chi connectivity index (χ0n) is 16.9. The lowest BCUT2D eigenvalue weighted by atomic mass is 10.2. The highest BCUT2D eigenvalue weighted by Crippen LogP contribution is 2.34. The van der Waals surface area contributed by atoms with Crippen LogP contribution in [0, 0.1) is 0 Å². The van der Waals surface area contributed by atoms with Gasteiger partial charge in [-0.25, -0.2) is 13.2 Å². The van der Waals surface area contributed by atoms with Crippen LogP contribution in [0.3, 0.4) is 0 Å². The van der Waals surface area contributed by atoms with Crippen LogP contribution < -0.4 is 14.4 Å². The molecule has 0 saturated heterocycles. The van der Waals surface area contributed by atoms with Crippen molar-refractivity contribution in [3.05, 3.63) is 53.6 Å². The van der Waals surface area contributed by atoms with E-state index in [1.165, 1.54) is 29.6 Å². The largest absolute Gasteiger partial charge is 0.496 e. The summed E-state index contributed by atoms with van der Waals surface area (Å²) >= 11 is 0. The molecule has 0 atom stereocenters. The summed E-state index contributed by atoms with van der Waals surface area (Å²) in [6.45, 7) is 2.25. The number of hydrogen-bond donors (Lipinski definition) is 1. The molecule has 30 heavy (non-hydrogen) atoms. The lowest BCUT2D eigenvalue weighted by Gasteiger charge is -2.20. The van der Waals surface area contributed by atoms with E-state index in [0.29, 0.717) is 25.2 Å². The Morgan fingerprint density at radius 2 is 1.93 bits per heavy atom. The van der Waals surface area contributed by atoms with Gasteiger partial charge in [-0.15, -0.1) is 0 Å². The molecule has 0 unspecified atom stereocenters. The number of para-hydroxylation sites is 1. The first-order valence-corrected chi connectivity index (χ1v) is 11.0. The van der Waals surface area contributed by atoms with Gasteiger partial charge in [0.1, 0.15) is 11.3 Å². The molecule has 0 bridgehead atoms. The number of benzene rings is 2. The summed E-state index contributed by atoms with van der Waals surface area (Å²) in [5.41, 5.74) is 1.52. The number of carbonyl (C=O) groups excluding carboxylic acids is 2. The van der Waals surface area contributed by atoms with Crippen molar-refractivity contribution in [2.45, 2.75) is 24.7 Å². The fraction of sp³-hybridized carbons (Fsp3) is 0.333. The fourth-order valence-corrected chi connectivity index (χ4v) is 4.75. The molecule has 1 heterocycles. The lowest BCUT2D eigenvalue weighted by Crippen LogP contribution is -2.30. The van der Waals surface area contributed by atoms with Gasteiger partial charge in [-0.1, -0.05) is 25.1 Å². The van der Waals surface area contributed by atoms with Gasteiger partial charge in [0.25, 0.3) is 15.9 Å². The van der Waals surface area contributed by atoms with Gasteiger partial charge in [-0.3, -0.25) is 9.10 Å². The molecule has 160 valence electrons. The number of ether oxygens (including phenoxy) is 2. The van der Waals surface area contributed by atoms with Gasteiger partial charge in [0, 0.05) is 13.1 Å². The van der Waals surface area contributed by atoms with Crippen molar-refractivity contribution in [1.29, 1.82) is 0 Å². The number of nitrogens with one attached hydrogen (secondary N) is 1. The number of fused-ring (bicyclic) bond motifs is 1. The Balaban J connectivity index is 1.85. The average Bonchev–Trinajstić information content (AvgIpc) is 3.20. The van der Waals surface area contributed by atoms with Crippen molar-refractivity contribution in [3.8, 4) is 5.75 Å². The standard InChI is InChI=1S/C21H24N2O6S/c1-3-11-22-20(24)14-29-21(25)17-13-16(8-9-19(17)28-2)30(26,27)23-12-10-15-6-4-5-7-18(15)23/h4-9,13H,3,10-12,14H2,1-2H3,(H,22,24). The van der Waals surface area contributed by atoms with Crippen LogP contribution >= 0.6 is 0 Å². The van der Waals surface area contributed by atoms with Crippen molar-refractivity contribution in [1.82, 2.24) is 5.32 Å². The van der Waals surface area contributed by atoms with E-state index in [1.807, 2.05) is 19.1 Å². The second-order valence-corrected chi connectivity index (χ2v) is 8.61. The lowest BCUT2D eigenvalue weighted by molar-refractivity contribution is -0.124. The minimum Gasteiger partial charge on any atom is -0.496 e. The Morgan fingerprint density at radius 1 is 1.17 bits per heavy atom. The summed E-state index contributed by atoms with van der Waals surface area (Å²) < 4.78 is 38.0. The van der Waals surface area contributed by atoms with E-state index in [1.54, 1.807) is 12.1 Å². The van der Waals surface area contributed by atoms with Crippen LogP contribution in [0.5, 0.6) is 5.75 Å². The third kappa shape index (κ3) is 4.40. The predicted octanol–water partition coefficient (Wildman–Crippen LogP) is 2.13. The van der Waals surface area contributed by atoms with Crippen molar-refractivity contribution in [2.24, 2.45) is 0 Å². The number of carbonyl (C=O) groups is 2. The van der Waals surface area contributed by atoms with E-state index in [9.17, 15) is 18.0 Å². The van der Waals surface area contributed by atoms with Crippen molar-refractivity contribution < 1.29 is 27.5 Å². The average molecular weight is 432 g/mol. The van der Waals surface area contributed by atoms with Crippen LogP contribution in [-0.2, 0) is 26.0 Å². The molecule has 0 fully saturated rings. The molecular formula is C21H24N2O6S. The first-order chi connectivity index (χ1) is 14.4. The van der Waals surface area contributed by atoms with Gasteiger partial charge in [-0.05, 0) is 42.7 Å². The number of methoxy groups -OCH3 is 1. The Labute approximate surface area is 175 Å². The SMILES string of the molecule is CCCNC(=O)COC(=O)c1cc(S(=O)(=O)N2CCc3ccccc32)ccc1OC. The third-order valence-electron chi connectivity index (χ3n) is 4.73. The second-order valence-electron chi connectivity index (χ2n) is 6.74. The summed E-state index contributed by atoms with van der Waals surface area (Å²) in [6.07, 6.45) is 1.38. The molecule has 9 heteroatoms. The van der Waals surface area contributed by atoms with Crippen LogP contribution in [0.2, 0.25) is 0 Å². The maximum atomic E-state index is 13.2. The monoisotopic (exact) mass is 432 g/mol. The van der Waals surface area contributed by atoms with E-state index in [4.69, 9.17) is 9.47 Å². The number of sulfonamides is 1. The Morgan fingerprint density at radius 3 is 2.67 bits per heavy atom. The number of nitrogens with zero attached hydrogens (tertiary/aromatic N) is 1. The number of anilines is 1. The maximum absolute atomic E-state index is 13.2. The Hall–Kier alpha value is -3.07. The Bertz CT molecular complexity index is 1050. The van der Waals surface area contributed by atoms with E-state index in [0.717, 1.165) is 12.0 Å². The molecule has 1 amide bonds. The van der Waals surface area contributed by atoms with Gasteiger partial charge < -0.3 is 14.8 Å². The molecule has 0 saturated carbocycles. The van der Waals surface area contributed by atoms with Crippen LogP contribution in [-0.4, -0.2) is 47.1 Å². The molecule has 1 N–H and O–H groups in total. The van der Waals surface area contributed by atoms with Gasteiger partial charge in [0.15, 0.2) is 6.61 Å². The summed E-state index contributed by atoms with van der Waals surface area (Å²) in [5, 5.41) is 2.60. The summed E-state index contributed by atoms with van der Waals surface area (Å²) in [5.74, 6) is -1.10. The van der Waals surface area contributed by atoms with Crippen molar-refractivity contribution in [2.75, 3.05) is 31.1 Å². The molecule has 2 aromatic carbocycles. The molecule has 2 aromatic rings. The van der Waals surface area contributed by atoms with Crippen molar-refractivity contribution in [3.63, 3.8) is 0 Å². The van der Waals surface area contributed by atoms with Crippen LogP contribution in [0.15, 0.2) is 47.4 Å². The first-order valence-electron chi connectivity index (χ1n) is 9.61. The number of rotatable bonds is 8. The summed E-state index contributed by atoms with van der Waals surface area (Å²) in [7, 11) is -2.52. The molecule has 3 rings (SSSR count). The normalized spacial score (nSPS) is 12.9. The zero-order chi connectivity index (χ0) is 21.7. The highest BCUT2D eigenvalue weighted by molar-refractivity contribution is 7.92. The van der Waals surface area contributed by atoms with Crippen molar-refractivity contribution >= 4 is 27.6 Å². The Kier molecular flexibility index (Phi) is 6.61. The van der Waals surface area contributed by atoms with E-state index in [2.05, 4.69) is 5.32 Å². The highest BCUT2D eigenvalue weighted by Gasteiger charge is 2.31. The van der Waals surface area contributed by atoms with Crippen LogP contribution in [0.1, 0.15) is 29.3 Å². The molecular weight excluding hydrogens is 408 g/mol. The number of amides is 1. The molecule has 0 spiro atoms. The van der Waals surface area contributed by atoms with Gasteiger partial charge in [0.2, 0.25) is 0 Å². The van der Waals surface area contributed by atoms with Gasteiger partial charge >= 0.3 is 5.97 Å². The predicted molar refractivity (Wildman–Crippen MR) is 111 cm³/mol. The topological polar surface area (TPSA) is 102 Å². The smallest absolute Gasteiger partial charge is 0.342 e. The van der Waals surface area contributed by atoms with Gasteiger partial charge in [0.05, 0.1) is 17.7 Å². The van der Waals surface area contributed by atoms with Crippen LogP contribution in [0.4, 0.5) is 5.69 Å². The van der Waals surface area contributed by atoms with E-state index < -0.39 is 28.5 Å². The number of esters is 1. The first kappa shape index (κ1) is 21.6. The van der Waals surface area contributed by atoms with E-state index in [-0.39, 0.29) is 16.2 Å². The molecule has 0 radical (unpaired) electrons. The summed E-state index contributed by atoms with van der Waals surface area (Å²) in [4.78, 5) is 24.1. The molecule has 0 aliphatic carbocycles. The molecule has 1 aliphatic rings. The second kappa shape index (κ2) is 9.17. The molecule has 8 nitrogen and oxygen atoms in total. The third-order valence-corrected chi connectivity index (χ3v) is 6.54. The zero-order valence-corrected chi connectivity index (χ0v) is 17.7. The number of hydrogen-bond acceptors (Lipinski definition) is 6. The molecule has 1 aliphatic heterocycles. The van der Waals surface area contributed by atoms with Gasteiger partial charge in [-0.2, -0.15) is 0 Å². The minimum absolute atomic E-state index is 0.0533. The highest BCUT2D eigenvalue weighted by atomic mass is 32.2. The fourth-order valence-electron chi connectivity index (χ4n) is 3.22. The molecule has 0 aromatic heterocycles. The minimum atomic E-state index is -3.89. The van der Waals surface area contributed by atoms with Crippen LogP contribution in [0.25, 0.3) is 0 Å². The maximum Gasteiger partial charge on any atom is 0.342 e. The summed E-state index contributed by atoms with van der Waals surface area (Å²) in [6, 6.07) is 11.3.